The highest BCUT2D eigenvalue weighted by Crippen LogP contribution is 2.08. The normalized spacial score (nSPS) is 14.8. The van der Waals surface area contributed by atoms with Crippen LogP contribution in [0.2, 0.25) is 0 Å². The van der Waals surface area contributed by atoms with E-state index in [-0.39, 0.29) is 0 Å². The summed E-state index contributed by atoms with van der Waals surface area (Å²) in [5.41, 5.74) is -0.537. The van der Waals surface area contributed by atoms with Crippen LogP contribution in [0.4, 0.5) is 0 Å². The Bertz CT molecular complexity index is 138. The molecule has 0 aliphatic heterocycles. The Labute approximate surface area is 89.1 Å². The highest BCUT2D eigenvalue weighted by molar-refractivity contribution is 4.69. The Morgan fingerprint density at radius 3 is 2.14 bits per heavy atom. The molecule has 0 fully saturated rings. The molecule has 0 saturated heterocycles. The van der Waals surface area contributed by atoms with Crippen LogP contribution in [0.5, 0.6) is 0 Å². The van der Waals surface area contributed by atoms with Crippen LogP contribution in [0.25, 0.3) is 0 Å². The molecule has 0 aliphatic rings. The number of nitrogens with one attached hydrogen (secondary N) is 1. The molecule has 0 aliphatic carbocycles. The summed E-state index contributed by atoms with van der Waals surface area (Å²) in [5.74, 6) is 0.786. The minimum atomic E-state index is -0.537. The summed E-state index contributed by atoms with van der Waals surface area (Å²) in [4.78, 5) is 0. The fraction of sp³-hybridized carbons (Fsp3) is 1.00. The summed E-state index contributed by atoms with van der Waals surface area (Å²) in [6, 6.07) is 0.569. The smallest absolute Gasteiger partial charge is 0.0603 e. The molecule has 14 heavy (non-hydrogen) atoms. The highest BCUT2D eigenvalue weighted by Gasteiger charge is 2.12. The van der Waals surface area contributed by atoms with Gasteiger partial charge in [-0.1, -0.05) is 13.8 Å². The number of aliphatic hydroxyl groups is 1. The van der Waals surface area contributed by atoms with Crippen molar-refractivity contribution in [1.29, 1.82) is 0 Å². The van der Waals surface area contributed by atoms with Gasteiger partial charge in [0.25, 0.3) is 0 Å². The van der Waals surface area contributed by atoms with E-state index >= 15 is 0 Å². The van der Waals surface area contributed by atoms with Gasteiger partial charge in [-0.15, -0.1) is 0 Å². The van der Waals surface area contributed by atoms with E-state index in [0.717, 1.165) is 18.9 Å². The molecule has 0 spiro atoms. The predicted molar refractivity (Wildman–Crippen MR) is 62.5 cm³/mol. The third-order valence-corrected chi connectivity index (χ3v) is 2.41. The van der Waals surface area contributed by atoms with Crippen molar-refractivity contribution in [2.75, 3.05) is 6.54 Å². The third-order valence-electron chi connectivity index (χ3n) is 2.41. The van der Waals surface area contributed by atoms with Crippen LogP contribution in [-0.2, 0) is 0 Å². The van der Waals surface area contributed by atoms with Crippen LogP contribution in [0.3, 0.4) is 0 Å². The first-order valence-electron chi connectivity index (χ1n) is 5.77. The Kier molecular flexibility index (Phi) is 6.38. The molecule has 0 rings (SSSR count). The van der Waals surface area contributed by atoms with E-state index in [1.807, 2.05) is 13.8 Å². The zero-order chi connectivity index (χ0) is 11.2. The van der Waals surface area contributed by atoms with E-state index in [9.17, 15) is 5.11 Å². The monoisotopic (exact) mass is 201 g/mol. The number of hydrogen-bond acceptors (Lipinski definition) is 2. The summed E-state index contributed by atoms with van der Waals surface area (Å²) in [7, 11) is 0. The second-order valence-corrected chi connectivity index (χ2v) is 5.39. The molecular weight excluding hydrogens is 174 g/mol. The lowest BCUT2D eigenvalue weighted by Crippen LogP contribution is -2.32. The van der Waals surface area contributed by atoms with Crippen LogP contribution in [0, 0.1) is 5.92 Å². The molecule has 0 aromatic carbocycles. The van der Waals surface area contributed by atoms with Gasteiger partial charge in [0.15, 0.2) is 0 Å². The molecular formula is C12H27NO. The molecule has 86 valence electrons. The Morgan fingerprint density at radius 2 is 1.71 bits per heavy atom. The minimum absolute atomic E-state index is 0.537. The summed E-state index contributed by atoms with van der Waals surface area (Å²) in [6.45, 7) is 11.3. The fourth-order valence-electron chi connectivity index (χ4n) is 1.31. The van der Waals surface area contributed by atoms with Gasteiger partial charge in [0.2, 0.25) is 0 Å². The average molecular weight is 201 g/mol. The van der Waals surface area contributed by atoms with Crippen LogP contribution in [-0.4, -0.2) is 23.3 Å². The predicted octanol–water partition coefficient (Wildman–Crippen LogP) is 2.56. The fourth-order valence-corrected chi connectivity index (χ4v) is 1.31. The molecule has 0 saturated carbocycles. The minimum Gasteiger partial charge on any atom is -0.390 e. The largest absolute Gasteiger partial charge is 0.390 e. The zero-order valence-electron chi connectivity index (χ0n) is 10.4. The van der Waals surface area contributed by atoms with Gasteiger partial charge in [0.05, 0.1) is 5.60 Å². The van der Waals surface area contributed by atoms with Gasteiger partial charge in [-0.25, -0.2) is 0 Å². The highest BCUT2D eigenvalue weighted by atomic mass is 16.3. The standard InChI is InChI=1S/C12H27NO/c1-10(2)6-7-11(3)13-9-8-12(4,5)14/h10-11,13-14H,6-9H2,1-5H3. The average Bonchev–Trinajstić information content (AvgIpc) is 1.98. The second kappa shape index (κ2) is 6.41. The van der Waals surface area contributed by atoms with E-state index in [2.05, 4.69) is 26.1 Å². The van der Waals surface area contributed by atoms with Gasteiger partial charge in [-0.05, 0) is 52.5 Å². The maximum Gasteiger partial charge on any atom is 0.0603 e. The molecule has 0 heterocycles. The van der Waals surface area contributed by atoms with Crippen molar-refractivity contribution in [3.63, 3.8) is 0 Å². The van der Waals surface area contributed by atoms with Crippen molar-refractivity contribution in [1.82, 2.24) is 5.32 Å². The van der Waals surface area contributed by atoms with E-state index in [4.69, 9.17) is 0 Å². The van der Waals surface area contributed by atoms with Gasteiger partial charge in [0.1, 0.15) is 0 Å². The van der Waals surface area contributed by atoms with Crippen LogP contribution >= 0.6 is 0 Å². The van der Waals surface area contributed by atoms with Crippen LogP contribution < -0.4 is 5.32 Å². The van der Waals surface area contributed by atoms with Crippen molar-refractivity contribution >= 4 is 0 Å². The topological polar surface area (TPSA) is 32.3 Å². The molecule has 0 radical (unpaired) electrons. The molecule has 0 aromatic heterocycles. The first kappa shape index (κ1) is 13.9. The quantitative estimate of drug-likeness (QED) is 0.663. The maximum atomic E-state index is 9.51. The summed E-state index contributed by atoms with van der Waals surface area (Å²) < 4.78 is 0. The molecule has 2 heteroatoms. The molecule has 2 N–H and O–H groups in total. The van der Waals surface area contributed by atoms with Crippen LogP contribution in [0.1, 0.15) is 53.9 Å². The Hall–Kier alpha value is -0.0800. The van der Waals surface area contributed by atoms with Crippen molar-refractivity contribution < 1.29 is 5.11 Å². The Balaban J connectivity index is 3.40. The van der Waals surface area contributed by atoms with Crippen molar-refractivity contribution in [3.8, 4) is 0 Å². The lowest BCUT2D eigenvalue weighted by molar-refractivity contribution is 0.0704. The van der Waals surface area contributed by atoms with Gasteiger partial charge < -0.3 is 10.4 Å². The Morgan fingerprint density at radius 1 is 1.14 bits per heavy atom. The molecule has 0 amide bonds. The zero-order valence-corrected chi connectivity index (χ0v) is 10.4. The molecule has 0 bridgehead atoms. The lowest BCUT2D eigenvalue weighted by atomic mass is 10.0. The summed E-state index contributed by atoms with van der Waals surface area (Å²) in [5, 5.41) is 12.9. The summed E-state index contributed by atoms with van der Waals surface area (Å²) >= 11 is 0. The maximum absolute atomic E-state index is 9.51. The lowest BCUT2D eigenvalue weighted by Gasteiger charge is -2.20. The number of hydrogen-bond donors (Lipinski definition) is 2. The molecule has 0 aromatic rings. The molecule has 1 atom stereocenters. The van der Waals surface area contributed by atoms with E-state index in [1.165, 1.54) is 12.8 Å². The SMILES string of the molecule is CC(C)CCC(C)NCCC(C)(C)O. The first-order chi connectivity index (χ1) is 6.31. The third kappa shape index (κ3) is 10.0. The van der Waals surface area contributed by atoms with Crippen molar-refractivity contribution in [2.24, 2.45) is 5.92 Å². The van der Waals surface area contributed by atoms with Crippen molar-refractivity contribution in [2.45, 2.75) is 65.5 Å². The van der Waals surface area contributed by atoms with Crippen molar-refractivity contribution in [3.05, 3.63) is 0 Å². The first-order valence-corrected chi connectivity index (χ1v) is 5.77. The summed E-state index contributed by atoms with van der Waals surface area (Å²) in [6.07, 6.45) is 3.32. The van der Waals surface area contributed by atoms with Gasteiger partial charge >= 0.3 is 0 Å². The number of rotatable bonds is 7. The van der Waals surface area contributed by atoms with E-state index < -0.39 is 5.60 Å². The second-order valence-electron chi connectivity index (χ2n) is 5.39. The van der Waals surface area contributed by atoms with E-state index in [0.29, 0.717) is 6.04 Å². The van der Waals surface area contributed by atoms with Gasteiger partial charge in [0, 0.05) is 6.04 Å². The van der Waals surface area contributed by atoms with Gasteiger partial charge in [-0.3, -0.25) is 0 Å². The van der Waals surface area contributed by atoms with E-state index in [1.54, 1.807) is 0 Å². The molecule has 1 unspecified atom stereocenters. The van der Waals surface area contributed by atoms with Gasteiger partial charge in [-0.2, -0.15) is 0 Å². The molecule has 2 nitrogen and oxygen atoms in total. The van der Waals surface area contributed by atoms with Crippen LogP contribution in [0.15, 0.2) is 0 Å².